The predicted octanol–water partition coefficient (Wildman–Crippen LogP) is 4.70. The molecule has 1 nitrogen and oxygen atoms in total. The summed E-state index contributed by atoms with van der Waals surface area (Å²) in [5.41, 5.74) is -0.0382. The highest BCUT2D eigenvalue weighted by atomic mass is 35.5. The van der Waals surface area contributed by atoms with Gasteiger partial charge in [-0.15, -0.1) is 0 Å². The Morgan fingerprint density at radius 2 is 1.53 bits per heavy atom. The van der Waals surface area contributed by atoms with E-state index in [9.17, 15) is 13.6 Å². The van der Waals surface area contributed by atoms with Crippen molar-refractivity contribution in [1.82, 2.24) is 0 Å². The summed E-state index contributed by atoms with van der Waals surface area (Å²) < 4.78 is 27.0. The van der Waals surface area contributed by atoms with E-state index in [1.807, 2.05) is 0 Å². The maximum atomic E-state index is 13.5. The van der Waals surface area contributed by atoms with Gasteiger partial charge in [-0.2, -0.15) is 0 Å². The van der Waals surface area contributed by atoms with Crippen molar-refractivity contribution in [3.05, 3.63) is 69.2 Å². The Bertz CT molecular complexity index is 641. The molecule has 0 heterocycles. The molecule has 0 aliphatic rings. The zero-order chi connectivity index (χ0) is 14.0. The monoisotopic (exact) mass is 300 g/mol. The van der Waals surface area contributed by atoms with Gasteiger partial charge in [-0.25, -0.2) is 8.78 Å². The molecule has 0 spiro atoms. The van der Waals surface area contributed by atoms with E-state index < -0.39 is 17.4 Å². The van der Waals surface area contributed by atoms with Crippen LogP contribution >= 0.6 is 23.2 Å². The Hall–Kier alpha value is -1.45. The molecule has 2 rings (SSSR count). The number of hydrogen-bond acceptors (Lipinski definition) is 1. The molecular weight excluding hydrogens is 293 g/mol. The topological polar surface area (TPSA) is 17.1 Å². The van der Waals surface area contributed by atoms with Gasteiger partial charge in [0.1, 0.15) is 11.6 Å². The molecule has 0 amide bonds. The second-order valence-corrected chi connectivity index (χ2v) is 4.83. The normalized spacial score (nSPS) is 10.5. The van der Waals surface area contributed by atoms with E-state index >= 15 is 0 Å². The van der Waals surface area contributed by atoms with Gasteiger partial charge in [0.2, 0.25) is 0 Å². The average molecular weight is 301 g/mol. The van der Waals surface area contributed by atoms with Gasteiger partial charge >= 0.3 is 0 Å². The molecule has 5 heteroatoms. The van der Waals surface area contributed by atoms with Crippen molar-refractivity contribution in [2.24, 2.45) is 0 Å². The highest BCUT2D eigenvalue weighted by molar-refractivity contribution is 6.31. The highest BCUT2D eigenvalue weighted by Crippen LogP contribution is 2.20. The van der Waals surface area contributed by atoms with Crippen LogP contribution in [0.1, 0.15) is 15.9 Å². The van der Waals surface area contributed by atoms with E-state index in [4.69, 9.17) is 23.2 Å². The lowest BCUT2D eigenvalue weighted by molar-refractivity contribution is 0.0988. The summed E-state index contributed by atoms with van der Waals surface area (Å²) in [5, 5.41) is 0.562. The van der Waals surface area contributed by atoms with Crippen LogP contribution in [0.25, 0.3) is 0 Å². The van der Waals surface area contributed by atoms with Crippen LogP contribution in [0, 0.1) is 11.6 Å². The molecule has 0 bridgehead atoms. The lowest BCUT2D eigenvalue weighted by Crippen LogP contribution is -2.07. The summed E-state index contributed by atoms with van der Waals surface area (Å²) in [6.45, 7) is 0. The van der Waals surface area contributed by atoms with Crippen LogP contribution in [-0.4, -0.2) is 5.78 Å². The largest absolute Gasteiger partial charge is 0.294 e. The van der Waals surface area contributed by atoms with Crippen molar-refractivity contribution in [2.75, 3.05) is 0 Å². The van der Waals surface area contributed by atoms with Crippen LogP contribution in [0.3, 0.4) is 0 Å². The molecule has 0 aliphatic carbocycles. The number of carbonyl (C=O) groups excluding carboxylic acids is 1. The van der Waals surface area contributed by atoms with Crippen LogP contribution in [0.4, 0.5) is 8.78 Å². The molecule has 0 aliphatic heterocycles. The Morgan fingerprint density at radius 3 is 2.21 bits per heavy atom. The number of hydrogen-bond donors (Lipinski definition) is 0. The molecule has 0 aromatic heterocycles. The molecule has 2 aromatic carbocycles. The van der Waals surface area contributed by atoms with Gasteiger partial charge in [0.15, 0.2) is 5.78 Å². The van der Waals surface area contributed by atoms with Crippen molar-refractivity contribution in [3.8, 4) is 0 Å². The third-order valence-corrected chi connectivity index (χ3v) is 3.06. The Kier molecular flexibility index (Phi) is 4.17. The van der Waals surface area contributed by atoms with Gasteiger partial charge in [-0.1, -0.05) is 23.2 Å². The van der Waals surface area contributed by atoms with E-state index in [0.717, 1.165) is 6.07 Å². The van der Waals surface area contributed by atoms with Gasteiger partial charge in [-0.05, 0) is 42.0 Å². The second kappa shape index (κ2) is 5.68. The smallest absolute Gasteiger partial charge is 0.170 e. The molecular formula is C14H8Cl2F2O. The van der Waals surface area contributed by atoms with Gasteiger partial charge < -0.3 is 0 Å². The Labute approximate surface area is 118 Å². The van der Waals surface area contributed by atoms with Crippen LogP contribution < -0.4 is 0 Å². The van der Waals surface area contributed by atoms with Crippen LogP contribution in [0.15, 0.2) is 36.4 Å². The minimum atomic E-state index is -0.683. The van der Waals surface area contributed by atoms with E-state index in [0.29, 0.717) is 5.02 Å². The maximum Gasteiger partial charge on any atom is 0.170 e. The number of rotatable bonds is 3. The first-order valence-electron chi connectivity index (χ1n) is 5.39. The molecule has 0 N–H and O–H groups in total. The minimum absolute atomic E-state index is 0.122. The van der Waals surface area contributed by atoms with Crippen molar-refractivity contribution < 1.29 is 13.6 Å². The van der Waals surface area contributed by atoms with Crippen LogP contribution in [0.5, 0.6) is 0 Å². The van der Waals surface area contributed by atoms with Gasteiger partial charge in [-0.3, -0.25) is 4.79 Å². The molecule has 0 fully saturated rings. The number of Topliss-reactive ketones (excluding diaryl/α,β-unsaturated/α-hetero) is 1. The molecule has 19 heavy (non-hydrogen) atoms. The number of carbonyl (C=O) groups is 1. The van der Waals surface area contributed by atoms with Crippen LogP contribution in [-0.2, 0) is 6.42 Å². The summed E-state index contributed by atoms with van der Waals surface area (Å²) >= 11 is 11.4. The van der Waals surface area contributed by atoms with Gasteiger partial charge in [0.25, 0.3) is 0 Å². The predicted molar refractivity (Wildman–Crippen MR) is 70.9 cm³/mol. The Balaban J connectivity index is 2.30. The number of benzene rings is 2. The SMILES string of the molecule is O=C(Cc1cc(Cl)ccc1F)c1cc(Cl)ccc1F. The summed E-state index contributed by atoms with van der Waals surface area (Å²) in [6, 6.07) is 7.56. The van der Waals surface area contributed by atoms with Gasteiger partial charge in [0.05, 0.1) is 5.56 Å². The van der Waals surface area contributed by atoms with Crippen molar-refractivity contribution in [2.45, 2.75) is 6.42 Å². The highest BCUT2D eigenvalue weighted by Gasteiger charge is 2.15. The van der Waals surface area contributed by atoms with Gasteiger partial charge in [0, 0.05) is 16.5 Å². The van der Waals surface area contributed by atoms with Crippen molar-refractivity contribution >= 4 is 29.0 Å². The molecule has 2 aromatic rings. The molecule has 0 atom stereocenters. The first kappa shape index (κ1) is 14.0. The minimum Gasteiger partial charge on any atom is -0.294 e. The van der Waals surface area contributed by atoms with E-state index in [1.54, 1.807) is 0 Å². The maximum absolute atomic E-state index is 13.5. The fourth-order valence-electron chi connectivity index (χ4n) is 1.66. The second-order valence-electron chi connectivity index (χ2n) is 3.96. The third-order valence-electron chi connectivity index (χ3n) is 2.59. The van der Waals surface area contributed by atoms with E-state index in [2.05, 4.69) is 0 Å². The molecule has 0 radical (unpaired) electrons. The van der Waals surface area contributed by atoms with Crippen molar-refractivity contribution in [3.63, 3.8) is 0 Å². The quantitative estimate of drug-likeness (QED) is 0.751. The fourth-order valence-corrected chi connectivity index (χ4v) is 2.02. The molecule has 0 saturated carbocycles. The molecule has 0 saturated heterocycles. The fraction of sp³-hybridized carbons (Fsp3) is 0.0714. The zero-order valence-electron chi connectivity index (χ0n) is 9.59. The van der Waals surface area contributed by atoms with Crippen LogP contribution in [0.2, 0.25) is 10.0 Å². The standard InChI is InChI=1S/C14H8Cl2F2O/c15-9-1-3-12(17)8(5-9)6-14(19)11-7-10(16)2-4-13(11)18/h1-5,7H,6H2. The van der Waals surface area contributed by atoms with E-state index in [-0.39, 0.29) is 22.6 Å². The van der Waals surface area contributed by atoms with E-state index in [1.165, 1.54) is 30.3 Å². The Morgan fingerprint density at radius 1 is 0.947 bits per heavy atom. The number of halogens is 4. The lowest BCUT2D eigenvalue weighted by Gasteiger charge is -2.05. The first-order valence-corrected chi connectivity index (χ1v) is 6.15. The summed E-state index contributed by atoms with van der Waals surface area (Å²) in [7, 11) is 0. The molecule has 0 unspecified atom stereocenters. The summed E-state index contributed by atoms with van der Waals surface area (Å²) in [4.78, 5) is 11.9. The summed E-state index contributed by atoms with van der Waals surface area (Å²) in [5.74, 6) is -1.79. The third kappa shape index (κ3) is 3.31. The first-order chi connectivity index (χ1) is 8.97. The zero-order valence-corrected chi connectivity index (χ0v) is 11.1. The lowest BCUT2D eigenvalue weighted by atomic mass is 10.0. The van der Waals surface area contributed by atoms with Crippen molar-refractivity contribution in [1.29, 1.82) is 0 Å². The average Bonchev–Trinajstić information content (AvgIpc) is 2.36. The summed E-state index contributed by atoms with van der Waals surface area (Å²) in [6.07, 6.45) is -0.274. The molecule has 98 valence electrons. The number of ketones is 1.